The minimum absolute atomic E-state index is 0.683. The van der Waals surface area contributed by atoms with Gasteiger partial charge < -0.3 is 15.8 Å². The first-order valence-corrected chi connectivity index (χ1v) is 4.72. The molecule has 0 aliphatic heterocycles. The lowest BCUT2D eigenvalue weighted by atomic mass is 10.4. The minimum atomic E-state index is 0.683. The largest absolute Gasteiger partial charge is 0.487 e. The number of hydrogen-bond donors (Lipinski definition) is 2. The zero-order valence-corrected chi connectivity index (χ0v) is 7.99. The Balaban J connectivity index is 2.31. The molecule has 1 rings (SSSR count). The van der Waals surface area contributed by atoms with Gasteiger partial charge >= 0.3 is 0 Å². The number of hydrogen-bond acceptors (Lipinski definition) is 4. The van der Waals surface area contributed by atoms with Crippen LogP contribution in [0.25, 0.3) is 0 Å². The lowest BCUT2D eigenvalue weighted by Crippen LogP contribution is -2.21. The third kappa shape index (κ3) is 2.81. The predicted molar refractivity (Wildman–Crippen MR) is 51.6 cm³/mol. The summed E-state index contributed by atoms with van der Waals surface area (Å²) in [6.45, 7) is 2.42. The average molecular weight is 186 g/mol. The van der Waals surface area contributed by atoms with Crippen molar-refractivity contribution in [2.45, 2.75) is 6.54 Å². The molecule has 0 atom stereocenters. The van der Waals surface area contributed by atoms with E-state index in [2.05, 4.69) is 11.4 Å². The maximum atomic E-state index is 5.34. The minimum Gasteiger partial charge on any atom is -0.487 e. The molecule has 0 unspecified atom stereocenters. The van der Waals surface area contributed by atoms with E-state index in [-0.39, 0.29) is 0 Å². The van der Waals surface area contributed by atoms with E-state index in [1.54, 1.807) is 18.4 Å². The SMILES string of the molecule is COc1ccc(CNCCN)s1. The van der Waals surface area contributed by atoms with Crippen LogP contribution in [0.2, 0.25) is 0 Å². The highest BCUT2D eigenvalue weighted by Gasteiger charge is 1.97. The molecule has 0 amide bonds. The number of nitrogens with one attached hydrogen (secondary N) is 1. The van der Waals surface area contributed by atoms with Crippen molar-refractivity contribution in [1.82, 2.24) is 5.32 Å². The third-order valence-corrected chi connectivity index (χ3v) is 2.51. The number of nitrogens with two attached hydrogens (primary N) is 1. The van der Waals surface area contributed by atoms with Gasteiger partial charge in [0, 0.05) is 24.5 Å². The zero-order chi connectivity index (χ0) is 8.81. The molecule has 4 heteroatoms. The van der Waals surface area contributed by atoms with E-state index in [0.29, 0.717) is 6.54 Å². The number of methoxy groups -OCH3 is 1. The third-order valence-electron chi connectivity index (χ3n) is 1.46. The van der Waals surface area contributed by atoms with E-state index in [9.17, 15) is 0 Å². The lowest BCUT2D eigenvalue weighted by molar-refractivity contribution is 0.427. The molecule has 0 spiro atoms. The molecule has 0 aliphatic rings. The van der Waals surface area contributed by atoms with Crippen LogP contribution in [-0.4, -0.2) is 20.2 Å². The van der Waals surface area contributed by atoms with E-state index in [4.69, 9.17) is 10.5 Å². The van der Waals surface area contributed by atoms with E-state index >= 15 is 0 Å². The van der Waals surface area contributed by atoms with Crippen molar-refractivity contribution in [3.8, 4) is 5.06 Å². The Hall–Kier alpha value is -0.580. The van der Waals surface area contributed by atoms with Gasteiger partial charge in [-0.05, 0) is 12.1 Å². The van der Waals surface area contributed by atoms with Crippen LogP contribution in [0.3, 0.4) is 0 Å². The number of ether oxygens (including phenoxy) is 1. The van der Waals surface area contributed by atoms with Gasteiger partial charge in [-0.3, -0.25) is 0 Å². The van der Waals surface area contributed by atoms with Gasteiger partial charge in [0.25, 0.3) is 0 Å². The molecule has 0 saturated heterocycles. The van der Waals surface area contributed by atoms with Crippen LogP contribution in [0.5, 0.6) is 5.06 Å². The summed E-state index contributed by atoms with van der Waals surface area (Å²) >= 11 is 1.66. The van der Waals surface area contributed by atoms with E-state index in [1.165, 1.54) is 4.88 Å². The highest BCUT2D eigenvalue weighted by Crippen LogP contribution is 2.23. The van der Waals surface area contributed by atoms with E-state index in [0.717, 1.165) is 18.2 Å². The first kappa shape index (κ1) is 9.51. The molecule has 0 aromatic carbocycles. The summed E-state index contributed by atoms with van der Waals surface area (Å²) in [6, 6.07) is 4.04. The molecule has 3 N–H and O–H groups in total. The normalized spacial score (nSPS) is 10.2. The topological polar surface area (TPSA) is 47.3 Å². The average Bonchev–Trinajstić information content (AvgIpc) is 2.53. The Labute approximate surface area is 76.5 Å². The van der Waals surface area contributed by atoms with Crippen LogP contribution in [-0.2, 0) is 6.54 Å². The molecular weight excluding hydrogens is 172 g/mol. The Morgan fingerprint density at radius 3 is 3.00 bits per heavy atom. The molecule has 0 aliphatic carbocycles. The van der Waals surface area contributed by atoms with Crippen molar-refractivity contribution in [3.05, 3.63) is 17.0 Å². The van der Waals surface area contributed by atoms with Gasteiger partial charge in [-0.1, -0.05) is 0 Å². The van der Waals surface area contributed by atoms with Crippen LogP contribution >= 0.6 is 11.3 Å². The molecule has 0 fully saturated rings. The maximum absolute atomic E-state index is 5.34. The van der Waals surface area contributed by atoms with Crippen LogP contribution in [0.1, 0.15) is 4.88 Å². The fourth-order valence-electron chi connectivity index (χ4n) is 0.877. The van der Waals surface area contributed by atoms with E-state index < -0.39 is 0 Å². The smallest absolute Gasteiger partial charge is 0.173 e. The second kappa shape index (κ2) is 5.13. The monoisotopic (exact) mass is 186 g/mol. The van der Waals surface area contributed by atoms with Gasteiger partial charge in [0.15, 0.2) is 5.06 Å². The van der Waals surface area contributed by atoms with Crippen LogP contribution < -0.4 is 15.8 Å². The van der Waals surface area contributed by atoms with Crippen molar-refractivity contribution >= 4 is 11.3 Å². The maximum Gasteiger partial charge on any atom is 0.173 e. The lowest BCUT2D eigenvalue weighted by Gasteiger charge is -1.98. The van der Waals surface area contributed by atoms with Crippen LogP contribution in [0, 0.1) is 0 Å². The Bertz CT molecular complexity index is 225. The van der Waals surface area contributed by atoms with Gasteiger partial charge in [0.2, 0.25) is 0 Å². The molecule has 3 nitrogen and oxygen atoms in total. The zero-order valence-electron chi connectivity index (χ0n) is 7.17. The summed E-state index contributed by atoms with van der Waals surface area (Å²) in [5.74, 6) is 0. The van der Waals surface area contributed by atoms with Crippen molar-refractivity contribution in [3.63, 3.8) is 0 Å². The molecule has 0 radical (unpaired) electrons. The molecule has 1 aromatic rings. The molecule has 12 heavy (non-hydrogen) atoms. The van der Waals surface area contributed by atoms with Crippen LogP contribution in [0.4, 0.5) is 0 Å². The molecule has 68 valence electrons. The first-order valence-electron chi connectivity index (χ1n) is 3.90. The number of rotatable bonds is 5. The van der Waals surface area contributed by atoms with Gasteiger partial charge in [-0.2, -0.15) is 0 Å². The summed E-state index contributed by atoms with van der Waals surface area (Å²) in [7, 11) is 1.68. The quantitative estimate of drug-likeness (QED) is 0.669. The highest BCUT2D eigenvalue weighted by atomic mass is 32.1. The van der Waals surface area contributed by atoms with Gasteiger partial charge in [0.1, 0.15) is 0 Å². The molecule has 1 heterocycles. The number of thiophene rings is 1. The molecular formula is C8H14N2OS. The Kier molecular flexibility index (Phi) is 4.07. The van der Waals surface area contributed by atoms with E-state index in [1.807, 2.05) is 6.07 Å². The summed E-state index contributed by atoms with van der Waals surface area (Å²) in [5, 5.41) is 4.18. The van der Waals surface area contributed by atoms with Crippen molar-refractivity contribution in [1.29, 1.82) is 0 Å². The Morgan fingerprint density at radius 2 is 2.42 bits per heavy atom. The van der Waals surface area contributed by atoms with Gasteiger partial charge in [-0.15, -0.1) is 11.3 Å². The fourth-order valence-corrected chi connectivity index (χ4v) is 1.66. The second-order valence-electron chi connectivity index (χ2n) is 2.39. The van der Waals surface area contributed by atoms with Crippen LogP contribution in [0.15, 0.2) is 12.1 Å². The van der Waals surface area contributed by atoms with Crippen molar-refractivity contribution < 1.29 is 4.74 Å². The summed E-state index contributed by atoms with van der Waals surface area (Å²) in [5.41, 5.74) is 5.34. The highest BCUT2D eigenvalue weighted by molar-refractivity contribution is 7.13. The molecule has 1 aromatic heterocycles. The van der Waals surface area contributed by atoms with Gasteiger partial charge in [0.05, 0.1) is 7.11 Å². The second-order valence-corrected chi connectivity index (χ2v) is 3.52. The fraction of sp³-hybridized carbons (Fsp3) is 0.500. The molecule has 0 bridgehead atoms. The molecule has 0 saturated carbocycles. The summed E-state index contributed by atoms with van der Waals surface area (Å²) < 4.78 is 5.07. The predicted octanol–water partition coefficient (Wildman–Crippen LogP) is 0.805. The Morgan fingerprint density at radius 1 is 1.58 bits per heavy atom. The van der Waals surface area contributed by atoms with Crippen molar-refractivity contribution in [2.75, 3.05) is 20.2 Å². The standard InChI is InChI=1S/C8H14N2OS/c1-11-8-3-2-7(12-8)6-10-5-4-9/h2-3,10H,4-6,9H2,1H3. The first-order chi connectivity index (χ1) is 5.86. The summed E-state index contributed by atoms with van der Waals surface area (Å²) in [6.07, 6.45) is 0. The van der Waals surface area contributed by atoms with Gasteiger partial charge in [-0.25, -0.2) is 0 Å². The van der Waals surface area contributed by atoms with Crippen molar-refractivity contribution in [2.24, 2.45) is 5.73 Å². The summed E-state index contributed by atoms with van der Waals surface area (Å²) in [4.78, 5) is 1.28.